The van der Waals surface area contributed by atoms with E-state index in [-0.39, 0.29) is 5.41 Å². The molecular weight excluding hydrogens is 228 g/mol. The molecule has 0 saturated carbocycles. The molecule has 98 valence electrons. The van der Waals surface area contributed by atoms with Gasteiger partial charge in [0.1, 0.15) is 6.29 Å². The average molecular weight is 248 g/mol. The lowest BCUT2D eigenvalue weighted by Gasteiger charge is -2.35. The lowest BCUT2D eigenvalue weighted by atomic mass is 9.81. The van der Waals surface area contributed by atoms with E-state index in [2.05, 4.69) is 16.0 Å². The van der Waals surface area contributed by atoms with Crippen LogP contribution in [-0.2, 0) is 16.1 Å². The summed E-state index contributed by atoms with van der Waals surface area (Å²) in [5, 5.41) is 0. The van der Waals surface area contributed by atoms with Crippen molar-refractivity contribution >= 4 is 6.29 Å². The van der Waals surface area contributed by atoms with Crippen LogP contribution in [0.1, 0.15) is 18.4 Å². The highest BCUT2D eigenvalue weighted by Gasteiger charge is 2.33. The number of ether oxygens (including phenoxy) is 1. The van der Waals surface area contributed by atoms with Gasteiger partial charge in [0.05, 0.1) is 0 Å². The molecule has 1 aliphatic heterocycles. The lowest BCUT2D eigenvalue weighted by Crippen LogP contribution is -2.41. The summed E-state index contributed by atoms with van der Waals surface area (Å²) in [5.41, 5.74) is 0.947. The van der Waals surface area contributed by atoms with Crippen LogP contribution in [-0.4, -0.2) is 43.0 Å². The van der Waals surface area contributed by atoms with Crippen LogP contribution in [0.3, 0.4) is 0 Å². The highest BCUT2D eigenvalue weighted by Crippen LogP contribution is 2.29. The number of carbonyl (C=O) groups excluding carboxylic acids is 1. The minimum atomic E-state index is -0.227. The Morgan fingerprint density at radius 3 is 2.89 bits per heavy atom. The third kappa shape index (κ3) is 3.37. The number of aromatic nitrogens is 1. The van der Waals surface area contributed by atoms with Crippen LogP contribution in [0.5, 0.6) is 0 Å². The second-order valence-corrected chi connectivity index (χ2v) is 5.13. The van der Waals surface area contributed by atoms with E-state index in [9.17, 15) is 4.79 Å². The first-order valence-electron chi connectivity index (χ1n) is 6.36. The molecule has 4 nitrogen and oxygen atoms in total. The highest BCUT2D eigenvalue weighted by molar-refractivity contribution is 5.60. The number of carbonyl (C=O) groups is 1. The van der Waals surface area contributed by atoms with Crippen molar-refractivity contribution in [2.24, 2.45) is 5.41 Å². The lowest BCUT2D eigenvalue weighted by molar-refractivity contribution is -0.122. The topological polar surface area (TPSA) is 42.4 Å². The fraction of sp³-hybridized carbons (Fsp3) is 0.571. The maximum absolute atomic E-state index is 11.4. The molecule has 4 heteroatoms. The van der Waals surface area contributed by atoms with Crippen LogP contribution in [0.4, 0.5) is 0 Å². The maximum atomic E-state index is 11.4. The summed E-state index contributed by atoms with van der Waals surface area (Å²) in [6.07, 6.45) is 6.42. The molecule has 1 saturated heterocycles. The Labute approximate surface area is 108 Å². The van der Waals surface area contributed by atoms with Gasteiger partial charge in [-0.25, -0.2) is 0 Å². The van der Waals surface area contributed by atoms with Gasteiger partial charge in [0.2, 0.25) is 0 Å². The first kappa shape index (κ1) is 13.2. The van der Waals surface area contributed by atoms with E-state index in [4.69, 9.17) is 4.74 Å². The van der Waals surface area contributed by atoms with E-state index >= 15 is 0 Å². The Morgan fingerprint density at radius 1 is 1.50 bits per heavy atom. The molecule has 18 heavy (non-hydrogen) atoms. The van der Waals surface area contributed by atoms with Gasteiger partial charge in [0.25, 0.3) is 0 Å². The van der Waals surface area contributed by atoms with E-state index < -0.39 is 0 Å². The van der Waals surface area contributed by atoms with Crippen LogP contribution < -0.4 is 0 Å². The van der Waals surface area contributed by atoms with Crippen molar-refractivity contribution in [1.82, 2.24) is 9.88 Å². The van der Waals surface area contributed by atoms with E-state index in [1.54, 1.807) is 6.20 Å². The third-order valence-electron chi connectivity index (χ3n) is 3.50. The zero-order chi connectivity index (χ0) is 12.8. The van der Waals surface area contributed by atoms with Gasteiger partial charge in [-0.3, -0.25) is 4.98 Å². The van der Waals surface area contributed by atoms with Crippen LogP contribution >= 0.6 is 0 Å². The van der Waals surface area contributed by atoms with Crippen LogP contribution in [0.2, 0.25) is 0 Å². The second kappa shape index (κ2) is 6.07. The van der Waals surface area contributed by atoms with E-state index in [1.165, 1.54) is 5.56 Å². The molecule has 1 aliphatic rings. The molecule has 1 aromatic rings. The number of hydrogen-bond acceptors (Lipinski definition) is 4. The molecule has 0 atom stereocenters. The minimum absolute atomic E-state index is 0.227. The normalized spacial score (nSPS) is 18.8. The fourth-order valence-corrected chi connectivity index (χ4v) is 2.49. The molecular formula is C14H20N2O2. The van der Waals surface area contributed by atoms with Gasteiger partial charge in [0.15, 0.2) is 0 Å². The predicted molar refractivity (Wildman–Crippen MR) is 69.1 cm³/mol. The SMILES string of the molecule is CN(Cc1cccnc1)CC1(C=O)CCOCC1. The monoisotopic (exact) mass is 248 g/mol. The molecule has 0 spiro atoms. The molecule has 0 unspecified atom stereocenters. The van der Waals surface area contributed by atoms with E-state index in [0.717, 1.165) is 32.2 Å². The van der Waals surface area contributed by atoms with Gasteiger partial charge < -0.3 is 14.4 Å². The van der Waals surface area contributed by atoms with Gasteiger partial charge in [0, 0.05) is 44.1 Å². The average Bonchev–Trinajstić information content (AvgIpc) is 2.41. The molecule has 0 radical (unpaired) electrons. The summed E-state index contributed by atoms with van der Waals surface area (Å²) in [5.74, 6) is 0. The molecule has 0 bridgehead atoms. The molecule has 0 aromatic carbocycles. The van der Waals surface area contributed by atoms with Gasteiger partial charge >= 0.3 is 0 Å². The van der Waals surface area contributed by atoms with Gasteiger partial charge in [-0.15, -0.1) is 0 Å². The Balaban J connectivity index is 1.93. The Morgan fingerprint density at radius 2 is 2.28 bits per heavy atom. The zero-order valence-corrected chi connectivity index (χ0v) is 10.8. The van der Waals surface area contributed by atoms with Crippen molar-refractivity contribution in [2.45, 2.75) is 19.4 Å². The molecule has 2 rings (SSSR count). The Bertz CT molecular complexity index is 375. The summed E-state index contributed by atoms with van der Waals surface area (Å²) >= 11 is 0. The largest absolute Gasteiger partial charge is 0.381 e. The zero-order valence-electron chi connectivity index (χ0n) is 10.8. The van der Waals surface area contributed by atoms with Crippen molar-refractivity contribution in [3.05, 3.63) is 30.1 Å². The van der Waals surface area contributed by atoms with Crippen molar-refractivity contribution in [3.63, 3.8) is 0 Å². The molecule has 0 aliphatic carbocycles. The molecule has 0 amide bonds. The quantitative estimate of drug-likeness (QED) is 0.741. The fourth-order valence-electron chi connectivity index (χ4n) is 2.49. The van der Waals surface area contributed by atoms with E-state index in [1.807, 2.05) is 19.3 Å². The minimum Gasteiger partial charge on any atom is -0.381 e. The first-order chi connectivity index (χ1) is 8.74. The number of pyridine rings is 1. The number of hydrogen-bond donors (Lipinski definition) is 0. The first-order valence-corrected chi connectivity index (χ1v) is 6.36. The van der Waals surface area contributed by atoms with E-state index in [0.29, 0.717) is 13.2 Å². The number of rotatable bonds is 5. The summed E-state index contributed by atoms with van der Waals surface area (Å²) in [4.78, 5) is 17.7. The summed E-state index contributed by atoms with van der Waals surface area (Å²) in [6.45, 7) is 3.00. The molecule has 1 aromatic heterocycles. The van der Waals surface area contributed by atoms with Crippen molar-refractivity contribution in [1.29, 1.82) is 0 Å². The highest BCUT2D eigenvalue weighted by atomic mass is 16.5. The molecule has 0 N–H and O–H groups in total. The van der Waals surface area contributed by atoms with Crippen LogP contribution in [0.25, 0.3) is 0 Å². The summed E-state index contributed by atoms with van der Waals surface area (Å²) in [7, 11) is 2.05. The smallest absolute Gasteiger partial charge is 0.127 e. The summed E-state index contributed by atoms with van der Waals surface area (Å²) < 4.78 is 5.34. The van der Waals surface area contributed by atoms with Crippen LogP contribution in [0.15, 0.2) is 24.5 Å². The van der Waals surface area contributed by atoms with Crippen molar-refractivity contribution < 1.29 is 9.53 Å². The van der Waals surface area contributed by atoms with Gasteiger partial charge in [-0.2, -0.15) is 0 Å². The van der Waals surface area contributed by atoms with Crippen molar-refractivity contribution in [3.8, 4) is 0 Å². The van der Waals surface area contributed by atoms with Gasteiger partial charge in [-0.1, -0.05) is 6.07 Å². The Kier molecular flexibility index (Phi) is 4.44. The number of nitrogens with zero attached hydrogens (tertiary/aromatic N) is 2. The summed E-state index contributed by atoms with van der Waals surface area (Å²) in [6, 6.07) is 3.99. The van der Waals surface area contributed by atoms with Crippen LogP contribution in [0, 0.1) is 5.41 Å². The number of aldehydes is 1. The molecule has 1 fully saturated rings. The standard InChI is InChI=1S/C14H20N2O2/c1-16(10-13-3-2-6-15-9-13)11-14(12-17)4-7-18-8-5-14/h2-3,6,9,12H,4-5,7-8,10-11H2,1H3. The molecule has 2 heterocycles. The van der Waals surface area contributed by atoms with Gasteiger partial charge in [-0.05, 0) is 31.5 Å². The Hall–Kier alpha value is -1.26. The second-order valence-electron chi connectivity index (χ2n) is 5.13. The van der Waals surface area contributed by atoms with Crippen molar-refractivity contribution in [2.75, 3.05) is 26.8 Å². The maximum Gasteiger partial charge on any atom is 0.127 e. The predicted octanol–water partition coefficient (Wildman–Crippen LogP) is 1.51. The third-order valence-corrected chi connectivity index (χ3v) is 3.50.